The Morgan fingerprint density at radius 3 is 2.22 bits per heavy atom. The SMILES string of the molecule is CC1CCCN(C(=O)C2CCN(C(=O)C3(N)CCCC3)CC2)C1. The van der Waals surface area contributed by atoms with E-state index in [9.17, 15) is 9.59 Å². The molecule has 1 atom stereocenters. The number of amides is 2. The average Bonchev–Trinajstić information content (AvgIpc) is 3.01. The van der Waals surface area contributed by atoms with Crippen molar-refractivity contribution < 1.29 is 9.59 Å². The molecule has 2 saturated heterocycles. The van der Waals surface area contributed by atoms with Crippen molar-refractivity contribution in [1.29, 1.82) is 0 Å². The molecular formula is C18H31N3O2. The molecule has 1 unspecified atom stereocenters. The van der Waals surface area contributed by atoms with Crippen LogP contribution in [0.2, 0.25) is 0 Å². The zero-order chi connectivity index (χ0) is 16.4. The van der Waals surface area contributed by atoms with Crippen molar-refractivity contribution in [2.45, 2.75) is 63.8 Å². The Hall–Kier alpha value is -1.10. The first-order chi connectivity index (χ1) is 11.0. The largest absolute Gasteiger partial charge is 0.342 e. The van der Waals surface area contributed by atoms with E-state index in [2.05, 4.69) is 11.8 Å². The third kappa shape index (κ3) is 3.54. The standard InChI is InChI=1S/C18H31N3O2/c1-14-5-4-10-21(13-14)16(22)15-6-11-20(12-7-15)17(23)18(19)8-2-3-9-18/h14-15H,2-13,19H2,1H3. The van der Waals surface area contributed by atoms with Crippen molar-refractivity contribution in [1.82, 2.24) is 9.80 Å². The van der Waals surface area contributed by atoms with Gasteiger partial charge >= 0.3 is 0 Å². The van der Waals surface area contributed by atoms with Crippen LogP contribution in [0.4, 0.5) is 0 Å². The highest BCUT2D eigenvalue weighted by Crippen LogP contribution is 2.31. The molecule has 0 aromatic rings. The minimum Gasteiger partial charge on any atom is -0.342 e. The summed E-state index contributed by atoms with van der Waals surface area (Å²) in [6.45, 7) is 5.43. The number of carbonyl (C=O) groups is 2. The molecule has 3 aliphatic rings. The highest BCUT2D eigenvalue weighted by Gasteiger charge is 2.41. The van der Waals surface area contributed by atoms with Crippen LogP contribution in [0.15, 0.2) is 0 Å². The van der Waals surface area contributed by atoms with E-state index >= 15 is 0 Å². The lowest BCUT2D eigenvalue weighted by atomic mass is 9.90. The van der Waals surface area contributed by atoms with Crippen molar-refractivity contribution in [2.75, 3.05) is 26.2 Å². The molecule has 3 rings (SSSR count). The van der Waals surface area contributed by atoms with Gasteiger partial charge in [-0.3, -0.25) is 9.59 Å². The molecule has 2 N–H and O–H groups in total. The first-order valence-electron chi connectivity index (χ1n) is 9.37. The molecule has 23 heavy (non-hydrogen) atoms. The van der Waals surface area contributed by atoms with Gasteiger partial charge in [-0.2, -0.15) is 0 Å². The summed E-state index contributed by atoms with van der Waals surface area (Å²) in [4.78, 5) is 29.3. The minimum absolute atomic E-state index is 0.0988. The fourth-order valence-electron chi connectivity index (χ4n) is 4.51. The maximum atomic E-state index is 12.7. The molecule has 0 radical (unpaired) electrons. The van der Waals surface area contributed by atoms with Crippen LogP contribution in [0.5, 0.6) is 0 Å². The number of hydrogen-bond acceptors (Lipinski definition) is 3. The Morgan fingerprint density at radius 2 is 1.61 bits per heavy atom. The fraction of sp³-hybridized carbons (Fsp3) is 0.889. The van der Waals surface area contributed by atoms with E-state index in [0.717, 1.165) is 58.0 Å². The molecule has 1 aliphatic carbocycles. The summed E-state index contributed by atoms with van der Waals surface area (Å²) in [5, 5.41) is 0. The molecule has 5 heteroatoms. The van der Waals surface area contributed by atoms with Crippen molar-refractivity contribution in [2.24, 2.45) is 17.6 Å². The van der Waals surface area contributed by atoms with Gasteiger partial charge in [0.1, 0.15) is 0 Å². The van der Waals surface area contributed by atoms with Gasteiger partial charge in [-0.25, -0.2) is 0 Å². The number of carbonyl (C=O) groups excluding carboxylic acids is 2. The lowest BCUT2D eigenvalue weighted by Crippen LogP contribution is -2.56. The fourth-order valence-corrected chi connectivity index (χ4v) is 4.51. The van der Waals surface area contributed by atoms with Gasteiger partial charge in [0.25, 0.3) is 0 Å². The number of likely N-dealkylation sites (tertiary alicyclic amines) is 2. The molecule has 5 nitrogen and oxygen atoms in total. The summed E-state index contributed by atoms with van der Waals surface area (Å²) in [6.07, 6.45) is 7.70. The second-order valence-electron chi connectivity index (χ2n) is 7.96. The van der Waals surface area contributed by atoms with Gasteiger partial charge in [0.05, 0.1) is 5.54 Å². The molecule has 0 aromatic carbocycles. The maximum Gasteiger partial charge on any atom is 0.242 e. The quantitative estimate of drug-likeness (QED) is 0.842. The van der Waals surface area contributed by atoms with Crippen LogP contribution in [0, 0.1) is 11.8 Å². The molecule has 0 bridgehead atoms. The van der Waals surface area contributed by atoms with Crippen LogP contribution < -0.4 is 5.73 Å². The number of piperidine rings is 2. The van der Waals surface area contributed by atoms with E-state index in [1.165, 1.54) is 6.42 Å². The number of nitrogens with zero attached hydrogens (tertiary/aromatic N) is 2. The molecule has 2 aliphatic heterocycles. The van der Waals surface area contributed by atoms with Crippen LogP contribution in [-0.4, -0.2) is 53.3 Å². The summed E-state index contributed by atoms with van der Waals surface area (Å²) in [5.74, 6) is 1.15. The Kier molecular flexibility index (Phi) is 4.95. The van der Waals surface area contributed by atoms with E-state index in [4.69, 9.17) is 5.73 Å². The van der Waals surface area contributed by atoms with Crippen molar-refractivity contribution in [3.63, 3.8) is 0 Å². The average molecular weight is 321 g/mol. The smallest absolute Gasteiger partial charge is 0.242 e. The number of rotatable bonds is 2. The minimum atomic E-state index is -0.626. The van der Waals surface area contributed by atoms with Gasteiger partial charge in [-0.05, 0) is 44.4 Å². The van der Waals surface area contributed by atoms with Gasteiger partial charge in [0.2, 0.25) is 11.8 Å². The van der Waals surface area contributed by atoms with Crippen molar-refractivity contribution >= 4 is 11.8 Å². The number of nitrogens with two attached hydrogens (primary N) is 1. The summed E-state index contributed by atoms with van der Waals surface area (Å²) < 4.78 is 0. The van der Waals surface area contributed by atoms with E-state index in [-0.39, 0.29) is 11.8 Å². The van der Waals surface area contributed by atoms with Gasteiger partial charge < -0.3 is 15.5 Å². The molecular weight excluding hydrogens is 290 g/mol. The molecule has 130 valence electrons. The Balaban J connectivity index is 1.52. The molecule has 1 saturated carbocycles. The van der Waals surface area contributed by atoms with E-state index in [1.807, 2.05) is 4.90 Å². The second-order valence-corrected chi connectivity index (χ2v) is 7.96. The zero-order valence-corrected chi connectivity index (χ0v) is 14.4. The maximum absolute atomic E-state index is 12.7. The molecule has 3 fully saturated rings. The monoisotopic (exact) mass is 321 g/mol. The molecule has 2 amide bonds. The topological polar surface area (TPSA) is 66.6 Å². The van der Waals surface area contributed by atoms with Crippen LogP contribution in [-0.2, 0) is 9.59 Å². The predicted octanol–water partition coefficient (Wildman–Crippen LogP) is 1.75. The van der Waals surface area contributed by atoms with Crippen LogP contribution >= 0.6 is 0 Å². The van der Waals surface area contributed by atoms with Gasteiger partial charge in [0.15, 0.2) is 0 Å². The third-order valence-corrected chi connectivity index (χ3v) is 6.02. The normalized spacial score (nSPS) is 28.9. The Morgan fingerprint density at radius 1 is 0.957 bits per heavy atom. The highest BCUT2D eigenvalue weighted by molar-refractivity contribution is 5.87. The predicted molar refractivity (Wildman–Crippen MR) is 89.7 cm³/mol. The lowest BCUT2D eigenvalue weighted by Gasteiger charge is -2.39. The van der Waals surface area contributed by atoms with Gasteiger partial charge in [-0.15, -0.1) is 0 Å². The summed E-state index contributed by atoms with van der Waals surface area (Å²) >= 11 is 0. The summed E-state index contributed by atoms with van der Waals surface area (Å²) in [6, 6.07) is 0. The van der Waals surface area contributed by atoms with E-state index in [1.54, 1.807) is 0 Å². The van der Waals surface area contributed by atoms with Crippen LogP contribution in [0.1, 0.15) is 58.3 Å². The molecule has 0 spiro atoms. The van der Waals surface area contributed by atoms with E-state index in [0.29, 0.717) is 24.9 Å². The van der Waals surface area contributed by atoms with Crippen molar-refractivity contribution in [3.8, 4) is 0 Å². The van der Waals surface area contributed by atoms with Gasteiger partial charge in [0, 0.05) is 32.1 Å². The highest BCUT2D eigenvalue weighted by atomic mass is 16.2. The molecule has 2 heterocycles. The molecule has 0 aromatic heterocycles. The first-order valence-corrected chi connectivity index (χ1v) is 9.37. The van der Waals surface area contributed by atoms with Crippen LogP contribution in [0.3, 0.4) is 0 Å². The van der Waals surface area contributed by atoms with Gasteiger partial charge in [-0.1, -0.05) is 19.8 Å². The summed E-state index contributed by atoms with van der Waals surface area (Å²) in [5.41, 5.74) is 5.67. The number of hydrogen-bond donors (Lipinski definition) is 1. The Bertz CT molecular complexity index is 451. The Labute approximate surface area is 139 Å². The van der Waals surface area contributed by atoms with Crippen LogP contribution in [0.25, 0.3) is 0 Å². The van der Waals surface area contributed by atoms with E-state index < -0.39 is 5.54 Å². The third-order valence-electron chi connectivity index (χ3n) is 6.02. The second kappa shape index (κ2) is 6.80. The van der Waals surface area contributed by atoms with Crippen molar-refractivity contribution in [3.05, 3.63) is 0 Å². The zero-order valence-electron chi connectivity index (χ0n) is 14.4. The lowest BCUT2D eigenvalue weighted by molar-refractivity contribution is -0.144. The first kappa shape index (κ1) is 16.7. The summed E-state index contributed by atoms with van der Waals surface area (Å²) in [7, 11) is 0.